The van der Waals surface area contributed by atoms with E-state index in [1.807, 2.05) is 0 Å². The molecule has 27 heavy (non-hydrogen) atoms. The van der Waals surface area contributed by atoms with E-state index in [4.69, 9.17) is 14.2 Å². The number of methoxy groups -OCH3 is 1. The van der Waals surface area contributed by atoms with Crippen molar-refractivity contribution in [3.05, 3.63) is 29.6 Å². The molecule has 1 aromatic carbocycles. The highest BCUT2D eigenvalue weighted by molar-refractivity contribution is 5.94. The van der Waals surface area contributed by atoms with Crippen LogP contribution in [-0.4, -0.2) is 47.9 Å². The monoisotopic (exact) mass is 371 g/mol. The molecule has 1 saturated heterocycles. The lowest BCUT2D eigenvalue weighted by Crippen LogP contribution is -2.32. The third kappa shape index (κ3) is 3.86. The van der Waals surface area contributed by atoms with E-state index < -0.39 is 0 Å². The second-order valence-corrected chi connectivity index (χ2v) is 6.34. The summed E-state index contributed by atoms with van der Waals surface area (Å²) in [5, 5.41) is 2.83. The Morgan fingerprint density at radius 1 is 1.15 bits per heavy atom. The SMILES string of the molecule is COc1nc(CNC(=O)c2ccc3c(c2)OCO3)nc(N2CCCCC2)n1. The summed E-state index contributed by atoms with van der Waals surface area (Å²) in [6.45, 7) is 2.17. The summed E-state index contributed by atoms with van der Waals surface area (Å²) in [6.07, 6.45) is 3.45. The summed E-state index contributed by atoms with van der Waals surface area (Å²) in [5.41, 5.74) is 0.483. The molecule has 0 radical (unpaired) electrons. The Bertz CT molecular complexity index is 838. The number of fused-ring (bicyclic) bond motifs is 1. The molecular formula is C18H21N5O4. The molecule has 9 nitrogen and oxygen atoms in total. The van der Waals surface area contributed by atoms with Crippen LogP contribution >= 0.6 is 0 Å². The van der Waals surface area contributed by atoms with E-state index in [0.717, 1.165) is 25.9 Å². The van der Waals surface area contributed by atoms with E-state index in [-0.39, 0.29) is 25.3 Å². The Hall–Kier alpha value is -3.10. The normalized spacial score (nSPS) is 15.5. The van der Waals surface area contributed by atoms with Gasteiger partial charge in [0.1, 0.15) is 0 Å². The lowest BCUT2D eigenvalue weighted by Gasteiger charge is -2.26. The summed E-state index contributed by atoms with van der Waals surface area (Å²) in [7, 11) is 1.52. The Kier molecular flexibility index (Phi) is 4.91. The first-order valence-electron chi connectivity index (χ1n) is 8.94. The third-order valence-electron chi connectivity index (χ3n) is 4.51. The average molecular weight is 371 g/mol. The van der Waals surface area contributed by atoms with Gasteiger partial charge < -0.3 is 24.4 Å². The van der Waals surface area contributed by atoms with Crippen LogP contribution in [0.4, 0.5) is 5.95 Å². The van der Waals surface area contributed by atoms with Crippen LogP contribution in [0.3, 0.4) is 0 Å². The number of carbonyl (C=O) groups excluding carboxylic acids is 1. The number of hydrogen-bond donors (Lipinski definition) is 1. The van der Waals surface area contributed by atoms with Gasteiger partial charge in [0.2, 0.25) is 12.7 Å². The minimum absolute atomic E-state index is 0.171. The zero-order chi connectivity index (χ0) is 18.6. The number of carbonyl (C=O) groups is 1. The van der Waals surface area contributed by atoms with E-state index in [9.17, 15) is 4.79 Å². The molecular weight excluding hydrogens is 350 g/mol. The van der Waals surface area contributed by atoms with Gasteiger partial charge in [-0.05, 0) is 37.5 Å². The maximum Gasteiger partial charge on any atom is 0.321 e. The predicted octanol–water partition coefficient (Wildman–Crippen LogP) is 1.53. The van der Waals surface area contributed by atoms with Crippen LogP contribution in [0.5, 0.6) is 17.5 Å². The fraction of sp³-hybridized carbons (Fsp3) is 0.444. The average Bonchev–Trinajstić information content (AvgIpc) is 3.20. The highest BCUT2D eigenvalue weighted by atomic mass is 16.7. The first-order valence-corrected chi connectivity index (χ1v) is 8.94. The van der Waals surface area contributed by atoms with Crippen LogP contribution in [0.2, 0.25) is 0 Å². The fourth-order valence-electron chi connectivity index (χ4n) is 3.09. The summed E-state index contributed by atoms with van der Waals surface area (Å²) in [4.78, 5) is 27.6. The van der Waals surface area contributed by atoms with Crippen LogP contribution in [0.15, 0.2) is 18.2 Å². The van der Waals surface area contributed by atoms with Gasteiger partial charge in [0, 0.05) is 18.7 Å². The molecule has 1 N–H and O–H groups in total. The van der Waals surface area contributed by atoms with Crippen molar-refractivity contribution in [3.63, 3.8) is 0 Å². The number of hydrogen-bond acceptors (Lipinski definition) is 8. The second kappa shape index (κ2) is 7.65. The van der Waals surface area contributed by atoms with Gasteiger partial charge in [0.05, 0.1) is 13.7 Å². The summed E-state index contributed by atoms with van der Waals surface area (Å²) in [5.74, 6) is 2.01. The predicted molar refractivity (Wildman–Crippen MR) is 96.2 cm³/mol. The Balaban J connectivity index is 1.46. The lowest BCUT2D eigenvalue weighted by molar-refractivity contribution is 0.0949. The number of aromatic nitrogens is 3. The molecule has 2 aliphatic heterocycles. The molecule has 0 bridgehead atoms. The van der Waals surface area contributed by atoms with E-state index in [2.05, 4.69) is 25.2 Å². The highest BCUT2D eigenvalue weighted by Gasteiger charge is 2.18. The summed E-state index contributed by atoms with van der Waals surface area (Å²) >= 11 is 0. The zero-order valence-electron chi connectivity index (χ0n) is 15.1. The topological polar surface area (TPSA) is 98.7 Å². The number of amides is 1. The van der Waals surface area contributed by atoms with Gasteiger partial charge in [-0.15, -0.1) is 0 Å². The van der Waals surface area contributed by atoms with E-state index >= 15 is 0 Å². The first-order chi connectivity index (χ1) is 13.2. The quantitative estimate of drug-likeness (QED) is 0.845. The van der Waals surface area contributed by atoms with Crippen LogP contribution < -0.4 is 24.4 Å². The number of rotatable bonds is 5. The van der Waals surface area contributed by atoms with Crippen molar-refractivity contribution in [1.29, 1.82) is 0 Å². The molecule has 0 spiro atoms. The zero-order valence-corrected chi connectivity index (χ0v) is 15.1. The number of benzene rings is 1. The molecule has 0 atom stereocenters. The maximum absolute atomic E-state index is 12.4. The molecule has 0 unspecified atom stereocenters. The minimum Gasteiger partial charge on any atom is -0.467 e. The van der Waals surface area contributed by atoms with Crippen LogP contribution in [0.25, 0.3) is 0 Å². The van der Waals surface area contributed by atoms with Crippen molar-refractivity contribution < 1.29 is 19.0 Å². The van der Waals surface area contributed by atoms with Crippen LogP contribution in [-0.2, 0) is 6.54 Å². The van der Waals surface area contributed by atoms with Crippen molar-refractivity contribution in [2.75, 3.05) is 31.9 Å². The number of nitrogens with zero attached hydrogens (tertiary/aromatic N) is 4. The number of anilines is 1. The second-order valence-electron chi connectivity index (χ2n) is 6.34. The van der Waals surface area contributed by atoms with Gasteiger partial charge in [-0.1, -0.05) is 0 Å². The number of ether oxygens (including phenoxy) is 3. The van der Waals surface area contributed by atoms with E-state index in [1.54, 1.807) is 18.2 Å². The molecule has 9 heteroatoms. The minimum atomic E-state index is -0.243. The Morgan fingerprint density at radius 2 is 1.96 bits per heavy atom. The number of nitrogens with one attached hydrogen (secondary N) is 1. The smallest absolute Gasteiger partial charge is 0.321 e. The van der Waals surface area contributed by atoms with Gasteiger partial charge in [-0.2, -0.15) is 15.0 Å². The van der Waals surface area contributed by atoms with Crippen molar-refractivity contribution >= 4 is 11.9 Å². The molecule has 2 aliphatic rings. The molecule has 0 aliphatic carbocycles. The van der Waals surface area contributed by atoms with Crippen molar-refractivity contribution in [1.82, 2.24) is 20.3 Å². The highest BCUT2D eigenvalue weighted by Crippen LogP contribution is 2.32. The van der Waals surface area contributed by atoms with Crippen LogP contribution in [0, 0.1) is 0 Å². The van der Waals surface area contributed by atoms with Gasteiger partial charge in [-0.25, -0.2) is 0 Å². The van der Waals surface area contributed by atoms with Gasteiger partial charge in [0.15, 0.2) is 17.3 Å². The van der Waals surface area contributed by atoms with Crippen molar-refractivity contribution in [3.8, 4) is 17.5 Å². The Morgan fingerprint density at radius 3 is 2.78 bits per heavy atom. The molecule has 2 aromatic rings. The summed E-state index contributed by atoms with van der Waals surface area (Å²) < 4.78 is 15.8. The third-order valence-corrected chi connectivity index (χ3v) is 4.51. The van der Waals surface area contributed by atoms with E-state index in [0.29, 0.717) is 28.8 Å². The molecule has 0 saturated carbocycles. The summed E-state index contributed by atoms with van der Waals surface area (Å²) in [6, 6.07) is 5.32. The fourth-order valence-corrected chi connectivity index (χ4v) is 3.09. The molecule has 1 aromatic heterocycles. The standard InChI is InChI=1S/C18H21N5O4/c1-25-18-21-15(20-17(22-18)23-7-3-2-4-8-23)10-19-16(24)12-5-6-13-14(9-12)27-11-26-13/h5-6,9H,2-4,7-8,10-11H2,1H3,(H,19,24). The molecule has 142 valence electrons. The van der Waals surface area contributed by atoms with E-state index in [1.165, 1.54) is 13.5 Å². The van der Waals surface area contributed by atoms with Gasteiger partial charge in [0.25, 0.3) is 5.91 Å². The molecule has 1 amide bonds. The lowest BCUT2D eigenvalue weighted by atomic mass is 10.1. The molecule has 1 fully saturated rings. The van der Waals surface area contributed by atoms with Gasteiger partial charge in [-0.3, -0.25) is 4.79 Å². The molecule has 4 rings (SSSR count). The van der Waals surface area contributed by atoms with Gasteiger partial charge >= 0.3 is 6.01 Å². The maximum atomic E-state index is 12.4. The van der Waals surface area contributed by atoms with Crippen molar-refractivity contribution in [2.45, 2.75) is 25.8 Å². The number of piperidine rings is 1. The van der Waals surface area contributed by atoms with Crippen molar-refractivity contribution in [2.24, 2.45) is 0 Å². The largest absolute Gasteiger partial charge is 0.467 e. The van der Waals surface area contributed by atoms with Crippen LogP contribution in [0.1, 0.15) is 35.4 Å². The molecule has 3 heterocycles. The first kappa shape index (κ1) is 17.3. The Labute approximate surface area is 156 Å².